The summed E-state index contributed by atoms with van der Waals surface area (Å²) in [5, 5.41) is 14.5. The van der Waals surface area contributed by atoms with Crippen LogP contribution in [0.3, 0.4) is 0 Å². The second-order valence-electron chi connectivity index (χ2n) is 5.63. The number of aliphatic carboxylic acids is 1. The zero-order valence-corrected chi connectivity index (χ0v) is 10.1. The molecule has 2 aliphatic heterocycles. The highest BCUT2D eigenvalue weighted by molar-refractivity contribution is 5.80. The van der Waals surface area contributed by atoms with Gasteiger partial charge in [0.25, 0.3) is 0 Å². The van der Waals surface area contributed by atoms with E-state index in [2.05, 4.69) is 10.6 Å². The molecule has 3 N–H and O–H groups in total. The molecule has 6 heteroatoms. The molecule has 3 fully saturated rings. The standard InChI is InChI=1S/C12H18N2O4/c15-10(16)12(3-4-12)6-13-11(17)14-8-5-7-1-2-9(8)18-7/h7-9H,1-6H2,(H,15,16)(H2,13,14,17). The van der Waals surface area contributed by atoms with Crippen LogP contribution in [0, 0.1) is 5.41 Å². The van der Waals surface area contributed by atoms with Crippen LogP contribution in [-0.4, -0.2) is 41.9 Å². The molecule has 2 bridgehead atoms. The molecular formula is C12H18N2O4. The Kier molecular flexibility index (Phi) is 2.69. The molecule has 100 valence electrons. The third kappa shape index (κ3) is 2.05. The third-order valence-corrected chi connectivity index (χ3v) is 4.32. The van der Waals surface area contributed by atoms with Crippen LogP contribution in [0.4, 0.5) is 4.79 Å². The van der Waals surface area contributed by atoms with Gasteiger partial charge in [-0.25, -0.2) is 4.79 Å². The van der Waals surface area contributed by atoms with E-state index < -0.39 is 11.4 Å². The molecule has 0 aromatic rings. The van der Waals surface area contributed by atoms with Crippen LogP contribution >= 0.6 is 0 Å². The summed E-state index contributed by atoms with van der Waals surface area (Å²) in [5.41, 5.74) is -0.706. The number of fused-ring (bicyclic) bond motifs is 2. The molecule has 0 aromatic carbocycles. The number of carbonyl (C=O) groups is 2. The van der Waals surface area contributed by atoms with E-state index >= 15 is 0 Å². The van der Waals surface area contributed by atoms with Gasteiger partial charge in [0, 0.05) is 6.54 Å². The number of urea groups is 1. The molecule has 2 heterocycles. The fraction of sp³-hybridized carbons (Fsp3) is 0.833. The summed E-state index contributed by atoms with van der Waals surface area (Å²) in [5.74, 6) is -0.814. The summed E-state index contributed by atoms with van der Waals surface area (Å²) in [7, 11) is 0. The summed E-state index contributed by atoms with van der Waals surface area (Å²) < 4.78 is 5.65. The smallest absolute Gasteiger partial charge is 0.315 e. The van der Waals surface area contributed by atoms with Crippen molar-refractivity contribution in [1.82, 2.24) is 10.6 Å². The summed E-state index contributed by atoms with van der Waals surface area (Å²) in [6, 6.07) is -0.188. The van der Waals surface area contributed by atoms with Gasteiger partial charge in [0.1, 0.15) is 0 Å². The first-order valence-electron chi connectivity index (χ1n) is 6.52. The molecule has 2 amide bonds. The first-order valence-corrected chi connectivity index (χ1v) is 6.52. The normalized spacial score (nSPS) is 35.2. The average molecular weight is 254 g/mol. The Bertz CT molecular complexity index is 380. The van der Waals surface area contributed by atoms with Gasteiger partial charge in [0.15, 0.2) is 0 Å². The quantitative estimate of drug-likeness (QED) is 0.680. The molecule has 2 saturated heterocycles. The maximum atomic E-state index is 11.7. The predicted octanol–water partition coefficient (Wildman–Crippen LogP) is 0.470. The molecule has 18 heavy (non-hydrogen) atoms. The van der Waals surface area contributed by atoms with Crippen molar-refractivity contribution >= 4 is 12.0 Å². The van der Waals surface area contributed by atoms with Crippen LogP contribution < -0.4 is 10.6 Å². The van der Waals surface area contributed by atoms with Gasteiger partial charge in [-0.05, 0) is 32.1 Å². The van der Waals surface area contributed by atoms with Crippen LogP contribution in [-0.2, 0) is 9.53 Å². The Morgan fingerprint density at radius 1 is 1.33 bits per heavy atom. The minimum absolute atomic E-state index is 0.0868. The van der Waals surface area contributed by atoms with Gasteiger partial charge in [-0.15, -0.1) is 0 Å². The second kappa shape index (κ2) is 4.12. The number of ether oxygens (including phenoxy) is 1. The molecule has 3 rings (SSSR count). The second-order valence-corrected chi connectivity index (χ2v) is 5.63. The van der Waals surface area contributed by atoms with Gasteiger partial charge >= 0.3 is 12.0 Å². The molecular weight excluding hydrogens is 236 g/mol. The summed E-state index contributed by atoms with van der Waals surface area (Å²) in [6.45, 7) is 0.218. The Morgan fingerprint density at radius 3 is 2.61 bits per heavy atom. The van der Waals surface area contributed by atoms with E-state index in [0.717, 1.165) is 19.3 Å². The SMILES string of the molecule is O=C(NCC1(C(=O)O)CC1)NC1CC2CCC1O2. The molecule has 1 saturated carbocycles. The highest BCUT2D eigenvalue weighted by atomic mass is 16.5. The van der Waals surface area contributed by atoms with E-state index in [-0.39, 0.29) is 24.7 Å². The van der Waals surface area contributed by atoms with Crippen molar-refractivity contribution in [2.24, 2.45) is 5.41 Å². The van der Waals surface area contributed by atoms with Crippen LogP contribution in [0.2, 0.25) is 0 Å². The molecule has 3 atom stereocenters. The van der Waals surface area contributed by atoms with E-state index in [9.17, 15) is 9.59 Å². The monoisotopic (exact) mass is 254 g/mol. The molecule has 3 unspecified atom stereocenters. The van der Waals surface area contributed by atoms with Gasteiger partial charge in [-0.1, -0.05) is 0 Å². The lowest BCUT2D eigenvalue weighted by Crippen LogP contribution is -2.48. The van der Waals surface area contributed by atoms with Crippen LogP contribution in [0.25, 0.3) is 0 Å². The topological polar surface area (TPSA) is 87.7 Å². The van der Waals surface area contributed by atoms with Crippen molar-refractivity contribution in [3.05, 3.63) is 0 Å². The van der Waals surface area contributed by atoms with Crippen molar-refractivity contribution in [1.29, 1.82) is 0 Å². The van der Waals surface area contributed by atoms with Crippen molar-refractivity contribution in [3.8, 4) is 0 Å². The Morgan fingerprint density at radius 2 is 2.11 bits per heavy atom. The molecule has 0 aromatic heterocycles. The van der Waals surface area contributed by atoms with Crippen molar-refractivity contribution in [3.63, 3.8) is 0 Å². The fourth-order valence-corrected chi connectivity index (χ4v) is 2.88. The lowest BCUT2D eigenvalue weighted by atomic mass is 9.96. The average Bonchev–Trinajstić information content (AvgIpc) is 2.86. The number of hydrogen-bond acceptors (Lipinski definition) is 3. The molecule has 0 radical (unpaired) electrons. The van der Waals surface area contributed by atoms with E-state index in [4.69, 9.17) is 9.84 Å². The zero-order chi connectivity index (χ0) is 12.8. The van der Waals surface area contributed by atoms with Crippen molar-refractivity contribution in [2.75, 3.05) is 6.54 Å². The van der Waals surface area contributed by atoms with Crippen molar-refractivity contribution < 1.29 is 19.4 Å². The summed E-state index contributed by atoms with van der Waals surface area (Å²) in [6.07, 6.45) is 4.73. The number of carboxylic acid groups (broad SMARTS) is 1. The highest BCUT2D eigenvalue weighted by Gasteiger charge is 2.50. The zero-order valence-electron chi connectivity index (χ0n) is 10.1. The van der Waals surface area contributed by atoms with Gasteiger partial charge in [-0.3, -0.25) is 4.79 Å². The minimum atomic E-state index is -0.814. The number of rotatable bonds is 4. The predicted molar refractivity (Wildman–Crippen MR) is 62.1 cm³/mol. The lowest BCUT2D eigenvalue weighted by Gasteiger charge is -2.21. The molecule has 6 nitrogen and oxygen atoms in total. The highest BCUT2D eigenvalue weighted by Crippen LogP contribution is 2.45. The number of carbonyl (C=O) groups excluding carboxylic acids is 1. The Balaban J connectivity index is 1.44. The van der Waals surface area contributed by atoms with Gasteiger partial charge in [0.05, 0.1) is 23.7 Å². The first kappa shape index (κ1) is 11.8. The van der Waals surface area contributed by atoms with E-state index in [1.165, 1.54) is 0 Å². The Labute approximate surface area is 105 Å². The van der Waals surface area contributed by atoms with E-state index in [0.29, 0.717) is 18.9 Å². The number of carboxylic acids is 1. The number of amides is 2. The largest absolute Gasteiger partial charge is 0.481 e. The lowest BCUT2D eigenvalue weighted by molar-refractivity contribution is -0.143. The first-order chi connectivity index (χ1) is 8.59. The van der Waals surface area contributed by atoms with E-state index in [1.54, 1.807) is 0 Å². The number of nitrogens with one attached hydrogen (secondary N) is 2. The minimum Gasteiger partial charge on any atom is -0.481 e. The van der Waals surface area contributed by atoms with Gasteiger partial charge in [0.2, 0.25) is 0 Å². The van der Waals surface area contributed by atoms with Gasteiger partial charge < -0.3 is 20.5 Å². The number of hydrogen-bond donors (Lipinski definition) is 3. The molecule has 0 spiro atoms. The third-order valence-electron chi connectivity index (χ3n) is 4.32. The Hall–Kier alpha value is -1.30. The summed E-state index contributed by atoms with van der Waals surface area (Å²) >= 11 is 0. The molecule has 1 aliphatic carbocycles. The van der Waals surface area contributed by atoms with Crippen LogP contribution in [0.15, 0.2) is 0 Å². The fourth-order valence-electron chi connectivity index (χ4n) is 2.88. The van der Waals surface area contributed by atoms with E-state index in [1.807, 2.05) is 0 Å². The van der Waals surface area contributed by atoms with Crippen LogP contribution in [0.1, 0.15) is 32.1 Å². The van der Waals surface area contributed by atoms with Gasteiger partial charge in [-0.2, -0.15) is 0 Å². The summed E-state index contributed by atoms with van der Waals surface area (Å²) in [4.78, 5) is 22.7. The molecule has 3 aliphatic rings. The maximum Gasteiger partial charge on any atom is 0.315 e. The maximum absolute atomic E-state index is 11.7. The van der Waals surface area contributed by atoms with Crippen molar-refractivity contribution in [2.45, 2.75) is 50.4 Å². The van der Waals surface area contributed by atoms with Crippen LogP contribution in [0.5, 0.6) is 0 Å².